The Morgan fingerprint density at radius 2 is 2.27 bits per heavy atom. The first-order chi connectivity index (χ1) is 18.8. The lowest BCUT2D eigenvalue weighted by atomic mass is 10.2. The largest absolute Gasteiger partial charge is 0.609 e. The Morgan fingerprint density at radius 3 is 3.04 bits per heavy atom. The molecule has 7 heteroatoms. The van der Waals surface area contributed by atoms with Gasteiger partial charge in [0.1, 0.15) is 5.75 Å². The molecule has 1 N–H and O–H groups in total. The number of imidazole rings is 1. The van der Waals surface area contributed by atoms with Crippen molar-refractivity contribution in [1.82, 2.24) is 19.5 Å². The van der Waals surface area contributed by atoms with E-state index in [0.717, 1.165) is 7.11 Å². The van der Waals surface area contributed by atoms with Crippen LogP contribution in [0.3, 0.4) is 0 Å². The van der Waals surface area contributed by atoms with Gasteiger partial charge in [-0.2, -0.15) is 4.98 Å². The van der Waals surface area contributed by atoms with Gasteiger partial charge in [0.05, 0.1) is 38.9 Å². The number of nitrogens with one attached hydrogen (secondary N) is 1. The average Bonchev–Trinajstić information content (AvgIpc) is 3.33. The SMILES string of the molecule is [2H]c1nc(C([2H])([2H])[S+]([O-])c2nc3c([2H])c(-n4c([2H])c([2H])c([2H])c4[2H])c([2H])c([2H])c3n2[2H])c(C([2H])([2H])[2H])c(OC)c1[2H]. The Kier molecular flexibility index (Phi) is 1.78. The van der Waals surface area contributed by atoms with Crippen LogP contribution in [0.2, 0.25) is 1.41 Å². The number of H-pyrrole nitrogens is 1. The molecule has 6 nitrogen and oxygen atoms in total. The molecule has 1 unspecified atom stereocenters. The predicted molar refractivity (Wildman–Crippen MR) is 101 cm³/mol. The molecule has 4 aromatic rings. The third-order valence-corrected chi connectivity index (χ3v) is 4.05. The number of hydrogen-bond acceptors (Lipinski definition) is 4. The van der Waals surface area contributed by atoms with Crippen molar-refractivity contribution in [1.29, 1.82) is 0 Å². The fourth-order valence-corrected chi connectivity index (χ4v) is 2.74. The molecule has 0 fully saturated rings. The molecule has 3 aromatic heterocycles. The number of hydrogen-bond donors (Lipinski definition) is 1. The highest BCUT2D eigenvalue weighted by Gasteiger charge is 2.20. The van der Waals surface area contributed by atoms with E-state index in [2.05, 4.69) is 9.97 Å². The van der Waals surface area contributed by atoms with Gasteiger partial charge in [-0.1, -0.05) is 0 Å². The van der Waals surface area contributed by atoms with Gasteiger partial charge in [0.25, 0.3) is 0 Å². The summed E-state index contributed by atoms with van der Waals surface area (Å²) < 4.78 is 141. The zero-order valence-electron chi connectivity index (χ0n) is 28.0. The summed E-state index contributed by atoms with van der Waals surface area (Å²) in [5.74, 6) is -0.697. The third-order valence-electron chi connectivity index (χ3n) is 3.16. The number of ether oxygens (including phenoxy) is 1. The van der Waals surface area contributed by atoms with Crippen molar-refractivity contribution in [3.05, 3.63) is 66.0 Å². The molecule has 0 amide bonds. The minimum absolute atomic E-state index is 0.225. The van der Waals surface area contributed by atoms with Crippen molar-refractivity contribution in [3.8, 4) is 11.4 Å². The molecule has 1 aromatic carbocycles. The minimum Gasteiger partial charge on any atom is -0.609 e. The van der Waals surface area contributed by atoms with Crippen molar-refractivity contribution < 1.29 is 29.9 Å². The van der Waals surface area contributed by atoms with Crippen LogP contribution in [0.5, 0.6) is 5.75 Å². The highest BCUT2D eigenvalue weighted by molar-refractivity contribution is 7.90. The van der Waals surface area contributed by atoms with Crippen LogP contribution in [0.25, 0.3) is 16.7 Å². The van der Waals surface area contributed by atoms with E-state index in [0.29, 0.717) is 4.57 Å². The van der Waals surface area contributed by atoms with E-state index in [4.69, 9.17) is 25.3 Å². The van der Waals surface area contributed by atoms with Crippen LogP contribution in [-0.4, -0.2) is 31.2 Å². The molecule has 0 aliphatic carbocycles. The van der Waals surface area contributed by atoms with Gasteiger partial charge in [0, 0.05) is 45.1 Å². The van der Waals surface area contributed by atoms with Crippen LogP contribution in [0.15, 0.2) is 59.9 Å². The van der Waals surface area contributed by atoms with E-state index < -0.39 is 117 Å². The zero-order valence-corrected chi connectivity index (χ0v) is 13.8. The Balaban J connectivity index is 2.01. The number of aromatic amines is 1. The standard InChI is InChI=1S/C19H18N4O2S/c1-13-17(20-8-7-18(13)25-2)12-26(24)19-21-15-6-5-14(11-16(15)22-19)23-9-3-4-10-23/h3-11H,12H2,1-2H3,(H,21,22)/i1D3,3D,4D,5D,6D,7D,8D,9D,10D,11D,12D2/hD. The molecule has 0 aliphatic heterocycles. The predicted octanol–water partition coefficient (Wildman–Crippen LogP) is 3.37. The Hall–Kier alpha value is -2.77. The Morgan fingerprint density at radius 1 is 1.42 bits per heavy atom. The van der Waals surface area contributed by atoms with E-state index in [1.165, 1.54) is 0 Å². The second-order valence-corrected chi connectivity index (χ2v) is 5.82. The van der Waals surface area contributed by atoms with E-state index >= 15 is 0 Å². The number of methoxy groups -OCH3 is 1. The summed E-state index contributed by atoms with van der Waals surface area (Å²) in [6.45, 7) is -3.15. The summed E-state index contributed by atoms with van der Waals surface area (Å²) in [7, 11) is 0.992. The van der Waals surface area contributed by atoms with Crippen LogP contribution < -0.4 is 4.74 Å². The molecule has 0 bridgehead atoms. The van der Waals surface area contributed by atoms with Crippen molar-refractivity contribution in [2.24, 2.45) is 0 Å². The topological polar surface area (TPSA) is 78.8 Å². The van der Waals surface area contributed by atoms with Crippen molar-refractivity contribution in [2.45, 2.75) is 17.7 Å². The second kappa shape index (κ2) is 6.86. The molecule has 0 saturated carbocycles. The first-order valence-electron chi connectivity index (χ1n) is 14.4. The zero-order chi connectivity index (χ0) is 31.1. The van der Waals surface area contributed by atoms with Gasteiger partial charge in [-0.3, -0.25) is 9.96 Å². The van der Waals surface area contributed by atoms with Gasteiger partial charge in [-0.15, -0.1) is 0 Å². The van der Waals surface area contributed by atoms with Crippen molar-refractivity contribution >= 4 is 22.2 Å². The summed E-state index contributed by atoms with van der Waals surface area (Å²) in [6, 6.07) is -4.46. The lowest BCUT2D eigenvalue weighted by Gasteiger charge is -2.10. The van der Waals surface area contributed by atoms with Crippen molar-refractivity contribution in [3.63, 3.8) is 0 Å². The van der Waals surface area contributed by atoms with Gasteiger partial charge >= 0.3 is 5.16 Å². The monoisotopic (exact) mass is 381 g/mol. The first-order valence-corrected chi connectivity index (χ1v) is 8.10. The van der Waals surface area contributed by atoms with Gasteiger partial charge in [-0.05, 0) is 43.1 Å². The van der Waals surface area contributed by atoms with E-state index in [1.807, 2.05) is 0 Å². The lowest BCUT2D eigenvalue weighted by molar-refractivity contribution is 0.410. The van der Waals surface area contributed by atoms with E-state index in [-0.39, 0.29) is 4.98 Å². The number of fused-ring (bicyclic) bond motifs is 1. The van der Waals surface area contributed by atoms with E-state index in [1.54, 1.807) is 0 Å². The molecule has 4 rings (SSSR count). The lowest BCUT2D eigenvalue weighted by Crippen LogP contribution is -2.10. The Bertz CT molecular complexity index is 1710. The molecular weight excluding hydrogens is 348 g/mol. The number of pyridine rings is 1. The normalized spacial score (nSPS) is 21.7. The summed E-state index contributed by atoms with van der Waals surface area (Å²) >= 11 is -3.13. The number of aromatic nitrogens is 4. The molecule has 26 heavy (non-hydrogen) atoms. The summed E-state index contributed by atoms with van der Waals surface area (Å²) in [5, 5.41) is -0.936. The van der Waals surface area contributed by atoms with Gasteiger partial charge < -0.3 is 13.9 Å². The van der Waals surface area contributed by atoms with E-state index in [9.17, 15) is 4.55 Å². The minimum atomic E-state index is -3.29. The second-order valence-electron chi connectivity index (χ2n) is 4.71. The summed E-state index contributed by atoms with van der Waals surface area (Å²) in [5.41, 5.74) is -7.00. The van der Waals surface area contributed by atoms with Crippen LogP contribution in [0.1, 0.15) is 30.4 Å². The van der Waals surface area contributed by atoms with Crippen LogP contribution in [-0.2, 0) is 16.9 Å². The molecule has 0 aliphatic rings. The number of nitrogens with zero attached hydrogens (tertiary/aromatic N) is 3. The Labute approximate surface area is 175 Å². The molecule has 0 saturated heterocycles. The highest BCUT2D eigenvalue weighted by Crippen LogP contribution is 2.24. The fourth-order valence-electron chi connectivity index (χ4n) is 1.98. The van der Waals surface area contributed by atoms with Crippen LogP contribution in [0, 0.1) is 6.85 Å². The van der Waals surface area contributed by atoms with Crippen LogP contribution in [0.4, 0.5) is 0 Å². The molecular formula is C19H18N4O2S. The smallest absolute Gasteiger partial charge is 0.322 e. The van der Waals surface area contributed by atoms with Crippen molar-refractivity contribution in [2.75, 3.05) is 7.11 Å². The maximum Gasteiger partial charge on any atom is 0.322 e. The maximum absolute atomic E-state index is 13.6. The molecule has 132 valence electrons. The summed E-state index contributed by atoms with van der Waals surface area (Å²) in [6.07, 6.45) is -2.35. The van der Waals surface area contributed by atoms with Gasteiger partial charge in [0.15, 0.2) is 7.12 Å². The quantitative estimate of drug-likeness (QED) is 0.538. The summed E-state index contributed by atoms with van der Waals surface area (Å²) in [4.78, 5) is 7.68. The first kappa shape index (κ1) is 6.75. The molecule has 3 heterocycles. The number of benzene rings is 1. The molecule has 0 radical (unpaired) electrons. The number of rotatable bonds is 5. The fraction of sp³-hybridized carbons (Fsp3) is 0.158. The van der Waals surface area contributed by atoms with Gasteiger partial charge in [0.2, 0.25) is 0 Å². The molecule has 1 atom stereocenters. The van der Waals surface area contributed by atoms with Gasteiger partial charge in [-0.25, -0.2) is 0 Å². The maximum atomic E-state index is 13.6. The van der Waals surface area contributed by atoms with Crippen LogP contribution >= 0.6 is 0 Å². The highest BCUT2D eigenvalue weighted by atomic mass is 32.2. The third kappa shape index (κ3) is 3.07. The molecule has 0 spiro atoms. The average molecular weight is 382 g/mol.